The van der Waals surface area contributed by atoms with Crippen LogP contribution in [0.4, 0.5) is 22.7 Å². The van der Waals surface area contributed by atoms with Gasteiger partial charge in [0, 0.05) is 43.5 Å². The number of nitrogens with zero attached hydrogens (tertiary/aromatic N) is 2. The van der Waals surface area contributed by atoms with Crippen molar-refractivity contribution >= 4 is 28.7 Å². The molecule has 0 fully saturated rings. The molecule has 0 spiro atoms. The number of nitro groups is 1. The van der Waals surface area contributed by atoms with Gasteiger partial charge in [-0.15, -0.1) is 0 Å². The molecule has 0 unspecified atom stereocenters. The third kappa shape index (κ3) is 8.98. The Morgan fingerprint density at radius 2 is 1.69 bits per heavy atom. The standard InChI is InChI=1S/C22H31N5O5/c28-15-13-26(14-16-29)12-4-10-23-11-9-22(30)25-19-7-8-20(21(17-19)27(31)32)24-18-5-2-1-3-6-18/h1-3,5-8,17,23-24,28-29H,4,9-16H2,(H,25,30). The number of benzene rings is 2. The highest BCUT2D eigenvalue weighted by molar-refractivity contribution is 5.92. The predicted molar refractivity (Wildman–Crippen MR) is 124 cm³/mol. The van der Waals surface area contributed by atoms with Crippen LogP contribution in [-0.4, -0.2) is 71.9 Å². The molecule has 32 heavy (non-hydrogen) atoms. The third-order valence-electron chi connectivity index (χ3n) is 4.72. The smallest absolute Gasteiger partial charge is 0.294 e. The lowest BCUT2D eigenvalue weighted by Crippen LogP contribution is -2.32. The molecule has 1 amide bonds. The van der Waals surface area contributed by atoms with Crippen LogP contribution in [0.25, 0.3) is 0 Å². The summed E-state index contributed by atoms with van der Waals surface area (Å²) in [6.07, 6.45) is 1.05. The fourth-order valence-corrected chi connectivity index (χ4v) is 3.14. The molecular formula is C22H31N5O5. The number of para-hydroxylation sites is 1. The number of rotatable bonds is 15. The van der Waals surface area contributed by atoms with Gasteiger partial charge in [-0.25, -0.2) is 0 Å². The van der Waals surface area contributed by atoms with E-state index < -0.39 is 4.92 Å². The van der Waals surface area contributed by atoms with E-state index in [1.54, 1.807) is 12.1 Å². The summed E-state index contributed by atoms with van der Waals surface area (Å²) >= 11 is 0. The lowest BCUT2D eigenvalue weighted by Gasteiger charge is -2.19. The number of carbonyl (C=O) groups excluding carboxylic acids is 1. The van der Waals surface area contributed by atoms with Gasteiger partial charge in [0.2, 0.25) is 5.91 Å². The molecule has 2 aromatic carbocycles. The highest BCUT2D eigenvalue weighted by Crippen LogP contribution is 2.30. The van der Waals surface area contributed by atoms with E-state index in [2.05, 4.69) is 16.0 Å². The minimum absolute atomic E-state index is 0.0507. The van der Waals surface area contributed by atoms with Crippen LogP contribution in [0.1, 0.15) is 12.8 Å². The molecule has 2 aromatic rings. The van der Waals surface area contributed by atoms with Gasteiger partial charge in [0.05, 0.1) is 18.1 Å². The topological polar surface area (TPSA) is 140 Å². The zero-order valence-electron chi connectivity index (χ0n) is 18.0. The second-order valence-corrected chi connectivity index (χ2v) is 7.17. The number of carbonyl (C=O) groups is 1. The van der Waals surface area contributed by atoms with Gasteiger partial charge in [0.15, 0.2) is 0 Å². The van der Waals surface area contributed by atoms with Crippen molar-refractivity contribution in [1.82, 2.24) is 10.2 Å². The van der Waals surface area contributed by atoms with E-state index in [0.29, 0.717) is 37.6 Å². The van der Waals surface area contributed by atoms with Gasteiger partial charge in [0.1, 0.15) is 5.69 Å². The fourth-order valence-electron chi connectivity index (χ4n) is 3.14. The van der Waals surface area contributed by atoms with Gasteiger partial charge in [-0.1, -0.05) is 18.2 Å². The van der Waals surface area contributed by atoms with Gasteiger partial charge in [-0.05, 0) is 43.8 Å². The van der Waals surface area contributed by atoms with E-state index in [0.717, 1.165) is 18.7 Å². The van der Waals surface area contributed by atoms with E-state index in [9.17, 15) is 14.9 Å². The number of nitro benzene ring substituents is 1. The van der Waals surface area contributed by atoms with Gasteiger partial charge >= 0.3 is 0 Å². The Balaban J connectivity index is 1.78. The Kier molecular flexibility index (Phi) is 11.1. The van der Waals surface area contributed by atoms with Crippen molar-refractivity contribution in [2.45, 2.75) is 12.8 Å². The van der Waals surface area contributed by atoms with Crippen molar-refractivity contribution in [1.29, 1.82) is 0 Å². The molecule has 0 aliphatic rings. The van der Waals surface area contributed by atoms with Crippen LogP contribution in [0.15, 0.2) is 48.5 Å². The number of hydrogen-bond acceptors (Lipinski definition) is 8. The molecule has 0 aromatic heterocycles. The van der Waals surface area contributed by atoms with Gasteiger partial charge in [-0.3, -0.25) is 19.8 Å². The van der Waals surface area contributed by atoms with Crippen molar-refractivity contribution in [3.63, 3.8) is 0 Å². The minimum Gasteiger partial charge on any atom is -0.395 e. The Labute approximate surface area is 187 Å². The number of amides is 1. The number of aliphatic hydroxyl groups excluding tert-OH is 2. The Hall–Kier alpha value is -3.05. The summed E-state index contributed by atoms with van der Waals surface area (Å²) in [5.74, 6) is -0.238. The Bertz CT molecular complexity index is 844. The molecule has 174 valence electrons. The molecule has 0 saturated heterocycles. The van der Waals surface area contributed by atoms with Crippen LogP contribution >= 0.6 is 0 Å². The van der Waals surface area contributed by atoms with E-state index in [1.807, 2.05) is 35.2 Å². The van der Waals surface area contributed by atoms with E-state index in [-0.39, 0.29) is 31.2 Å². The maximum atomic E-state index is 12.2. The molecule has 10 heteroatoms. The molecule has 10 nitrogen and oxygen atoms in total. The normalized spacial score (nSPS) is 10.8. The van der Waals surface area contributed by atoms with Crippen molar-refractivity contribution in [2.75, 3.05) is 56.6 Å². The van der Waals surface area contributed by atoms with Crippen LogP contribution in [0.5, 0.6) is 0 Å². The summed E-state index contributed by atoms with van der Waals surface area (Å²) in [5, 5.41) is 38.3. The summed E-state index contributed by atoms with van der Waals surface area (Å²) in [7, 11) is 0. The average Bonchev–Trinajstić information content (AvgIpc) is 2.78. The quantitative estimate of drug-likeness (QED) is 0.159. The lowest BCUT2D eigenvalue weighted by molar-refractivity contribution is -0.383. The highest BCUT2D eigenvalue weighted by atomic mass is 16.6. The van der Waals surface area contributed by atoms with Crippen molar-refractivity contribution in [3.8, 4) is 0 Å². The molecule has 5 N–H and O–H groups in total. The number of nitrogens with one attached hydrogen (secondary N) is 3. The van der Waals surface area contributed by atoms with E-state index in [1.165, 1.54) is 6.07 Å². The highest BCUT2D eigenvalue weighted by Gasteiger charge is 2.16. The molecule has 0 radical (unpaired) electrons. The molecule has 0 heterocycles. The maximum absolute atomic E-state index is 12.2. The number of aliphatic hydroxyl groups is 2. The average molecular weight is 446 g/mol. The van der Waals surface area contributed by atoms with Crippen LogP contribution in [0.2, 0.25) is 0 Å². The van der Waals surface area contributed by atoms with Gasteiger partial charge in [-0.2, -0.15) is 0 Å². The minimum atomic E-state index is -0.487. The van der Waals surface area contributed by atoms with Gasteiger partial charge in [0.25, 0.3) is 5.69 Å². The SMILES string of the molecule is O=C(CCNCCCN(CCO)CCO)Nc1ccc(Nc2ccccc2)c([N+](=O)[O-])c1. The fraction of sp³-hybridized carbons (Fsp3) is 0.409. The zero-order valence-corrected chi connectivity index (χ0v) is 18.0. The van der Waals surface area contributed by atoms with Crippen LogP contribution < -0.4 is 16.0 Å². The molecule has 0 aliphatic carbocycles. The Morgan fingerprint density at radius 3 is 2.34 bits per heavy atom. The number of anilines is 3. The summed E-state index contributed by atoms with van der Waals surface area (Å²) in [5.41, 5.74) is 1.32. The molecule has 0 bridgehead atoms. The summed E-state index contributed by atoms with van der Waals surface area (Å²) in [6.45, 7) is 3.06. The van der Waals surface area contributed by atoms with Crippen molar-refractivity contribution in [2.24, 2.45) is 0 Å². The summed E-state index contributed by atoms with van der Waals surface area (Å²) in [4.78, 5) is 25.1. The zero-order chi connectivity index (χ0) is 23.2. The largest absolute Gasteiger partial charge is 0.395 e. The maximum Gasteiger partial charge on any atom is 0.294 e. The number of hydrogen-bond donors (Lipinski definition) is 5. The van der Waals surface area contributed by atoms with E-state index >= 15 is 0 Å². The van der Waals surface area contributed by atoms with Crippen LogP contribution in [0, 0.1) is 10.1 Å². The second-order valence-electron chi connectivity index (χ2n) is 7.17. The van der Waals surface area contributed by atoms with E-state index in [4.69, 9.17) is 10.2 Å². The van der Waals surface area contributed by atoms with Crippen LogP contribution in [0.3, 0.4) is 0 Å². The van der Waals surface area contributed by atoms with Crippen LogP contribution in [-0.2, 0) is 4.79 Å². The summed E-state index contributed by atoms with van der Waals surface area (Å²) < 4.78 is 0. The molecule has 0 saturated carbocycles. The molecule has 0 atom stereocenters. The first-order valence-electron chi connectivity index (χ1n) is 10.6. The predicted octanol–water partition coefficient (Wildman–Crippen LogP) is 1.93. The van der Waals surface area contributed by atoms with Gasteiger partial charge < -0.3 is 26.2 Å². The second kappa shape index (κ2) is 14.1. The first-order valence-corrected chi connectivity index (χ1v) is 10.6. The van der Waals surface area contributed by atoms with Crippen molar-refractivity contribution < 1.29 is 19.9 Å². The first-order chi connectivity index (χ1) is 15.5. The third-order valence-corrected chi connectivity index (χ3v) is 4.72. The molecule has 0 aliphatic heterocycles. The first kappa shape index (κ1) is 25.2. The molecule has 2 rings (SSSR count). The molecular weight excluding hydrogens is 414 g/mol. The lowest BCUT2D eigenvalue weighted by atomic mass is 10.2. The monoisotopic (exact) mass is 445 g/mol. The Morgan fingerprint density at radius 1 is 0.969 bits per heavy atom. The summed E-state index contributed by atoms with van der Waals surface area (Å²) in [6, 6.07) is 13.7. The van der Waals surface area contributed by atoms with Crippen molar-refractivity contribution in [3.05, 3.63) is 58.6 Å².